The standard InChI is InChI=1S/C38H24O/c1-2-10-26(11-3-1)37-30-13-4-6-15-32(30)38(33-16-7-5-14-31(33)37)27-20-18-25(19-21-27)28-22-23-36-34(24-28)29-12-8-9-17-35(29)39-36/h1-24H/i18D,19D,20D,21D,22D,23D,24D. The summed E-state index contributed by atoms with van der Waals surface area (Å²) in [6, 6.07) is 30.6. The first kappa shape index (κ1) is 16.0. The summed E-state index contributed by atoms with van der Waals surface area (Å²) in [7, 11) is 0. The fraction of sp³-hybridized carbons (Fsp3) is 0. The van der Waals surface area contributed by atoms with E-state index in [1.165, 1.54) is 0 Å². The van der Waals surface area contributed by atoms with Gasteiger partial charge in [-0.05, 0) is 73.1 Å². The first-order valence-electron chi connectivity index (χ1n) is 16.3. The van der Waals surface area contributed by atoms with Crippen LogP contribution >= 0.6 is 0 Å². The molecule has 0 atom stereocenters. The minimum atomic E-state index is -0.381. The van der Waals surface area contributed by atoms with Crippen LogP contribution in [-0.2, 0) is 0 Å². The molecule has 39 heavy (non-hydrogen) atoms. The first-order valence-corrected chi connectivity index (χ1v) is 12.8. The van der Waals surface area contributed by atoms with E-state index >= 15 is 0 Å². The molecule has 0 saturated carbocycles. The van der Waals surface area contributed by atoms with Gasteiger partial charge in [-0.25, -0.2) is 0 Å². The molecule has 0 fully saturated rings. The maximum Gasteiger partial charge on any atom is 0.135 e. The van der Waals surface area contributed by atoms with E-state index in [0.717, 1.165) is 32.7 Å². The van der Waals surface area contributed by atoms with Crippen molar-refractivity contribution in [2.45, 2.75) is 0 Å². The van der Waals surface area contributed by atoms with Gasteiger partial charge in [0.05, 0.1) is 9.60 Å². The fourth-order valence-electron chi connectivity index (χ4n) is 5.53. The molecule has 8 aromatic rings. The van der Waals surface area contributed by atoms with Crippen molar-refractivity contribution in [2.75, 3.05) is 0 Å². The van der Waals surface area contributed by atoms with Crippen molar-refractivity contribution in [2.24, 2.45) is 0 Å². The van der Waals surface area contributed by atoms with Crippen LogP contribution in [0.15, 0.2) is 150 Å². The number of furan rings is 1. The van der Waals surface area contributed by atoms with Gasteiger partial charge in [0.1, 0.15) is 11.2 Å². The molecule has 0 unspecified atom stereocenters. The minimum Gasteiger partial charge on any atom is -0.456 e. The molecule has 0 spiro atoms. The van der Waals surface area contributed by atoms with E-state index in [9.17, 15) is 5.48 Å². The van der Waals surface area contributed by atoms with Crippen LogP contribution in [0.5, 0.6) is 0 Å². The van der Waals surface area contributed by atoms with Gasteiger partial charge in [0.2, 0.25) is 0 Å². The predicted molar refractivity (Wildman–Crippen MR) is 165 cm³/mol. The highest BCUT2D eigenvalue weighted by Crippen LogP contribution is 2.44. The third-order valence-electron chi connectivity index (χ3n) is 7.27. The minimum absolute atomic E-state index is 0.0864. The third kappa shape index (κ3) is 3.48. The molecule has 1 heteroatoms. The lowest BCUT2D eigenvalue weighted by Crippen LogP contribution is -1.90. The molecule has 0 amide bonds. The van der Waals surface area contributed by atoms with Crippen LogP contribution in [0.2, 0.25) is 0 Å². The van der Waals surface area contributed by atoms with Gasteiger partial charge in [-0.15, -0.1) is 0 Å². The van der Waals surface area contributed by atoms with Gasteiger partial charge >= 0.3 is 0 Å². The summed E-state index contributed by atoms with van der Waals surface area (Å²) < 4.78 is 69.6. The Bertz CT molecular complexity index is 2470. The van der Waals surface area contributed by atoms with Crippen molar-refractivity contribution in [1.29, 1.82) is 0 Å². The summed E-state index contributed by atoms with van der Waals surface area (Å²) >= 11 is 0. The second-order valence-corrected chi connectivity index (χ2v) is 9.51. The molecule has 0 saturated heterocycles. The number of benzene rings is 7. The Balaban J connectivity index is 1.48. The quantitative estimate of drug-likeness (QED) is 0.219. The normalized spacial score (nSPS) is 14.1. The molecular weight excluding hydrogens is 472 g/mol. The van der Waals surface area contributed by atoms with E-state index in [2.05, 4.69) is 12.1 Å². The maximum atomic E-state index is 9.31. The van der Waals surface area contributed by atoms with Crippen molar-refractivity contribution >= 4 is 43.5 Å². The molecule has 1 nitrogen and oxygen atoms in total. The van der Waals surface area contributed by atoms with Gasteiger partial charge < -0.3 is 4.42 Å². The monoisotopic (exact) mass is 503 g/mol. The van der Waals surface area contributed by atoms with Crippen LogP contribution in [0.1, 0.15) is 9.60 Å². The Labute approximate surface area is 236 Å². The molecule has 1 heterocycles. The highest BCUT2D eigenvalue weighted by atomic mass is 16.3. The van der Waals surface area contributed by atoms with Crippen molar-refractivity contribution in [1.82, 2.24) is 0 Å². The van der Waals surface area contributed by atoms with Gasteiger partial charge in [-0.2, -0.15) is 0 Å². The molecule has 0 aliphatic rings. The topological polar surface area (TPSA) is 13.1 Å². The van der Waals surface area contributed by atoms with E-state index in [-0.39, 0.29) is 64.6 Å². The highest BCUT2D eigenvalue weighted by Gasteiger charge is 2.16. The Morgan fingerprint density at radius 3 is 1.49 bits per heavy atom. The van der Waals surface area contributed by atoms with Crippen molar-refractivity contribution in [3.63, 3.8) is 0 Å². The number of para-hydroxylation sites is 1. The summed E-state index contributed by atoms with van der Waals surface area (Å²) in [4.78, 5) is 0. The van der Waals surface area contributed by atoms with E-state index in [1.807, 2.05) is 66.7 Å². The van der Waals surface area contributed by atoms with Crippen LogP contribution in [0, 0.1) is 0 Å². The fourth-order valence-corrected chi connectivity index (χ4v) is 5.53. The molecule has 182 valence electrons. The highest BCUT2D eigenvalue weighted by molar-refractivity contribution is 6.21. The van der Waals surface area contributed by atoms with Gasteiger partial charge in [0, 0.05) is 10.8 Å². The molecular formula is C38H24O. The molecule has 7 aromatic carbocycles. The number of rotatable bonds is 3. The Hall–Kier alpha value is -5.14. The average molecular weight is 504 g/mol. The van der Waals surface area contributed by atoms with Gasteiger partial charge in [-0.3, -0.25) is 0 Å². The molecule has 0 aliphatic carbocycles. The van der Waals surface area contributed by atoms with Crippen molar-refractivity contribution in [3.8, 4) is 33.4 Å². The van der Waals surface area contributed by atoms with E-state index in [4.69, 9.17) is 8.53 Å². The summed E-state index contributed by atoms with van der Waals surface area (Å²) in [5, 5.41) is 4.30. The summed E-state index contributed by atoms with van der Waals surface area (Å²) in [6.45, 7) is 0. The zero-order valence-corrected chi connectivity index (χ0v) is 20.7. The molecule has 0 radical (unpaired) electrons. The predicted octanol–water partition coefficient (Wildman–Crippen LogP) is 10.9. The van der Waals surface area contributed by atoms with E-state index in [0.29, 0.717) is 21.9 Å². The van der Waals surface area contributed by atoms with Gasteiger partial charge in [0.25, 0.3) is 0 Å². The van der Waals surface area contributed by atoms with Crippen LogP contribution in [-0.4, -0.2) is 0 Å². The lowest BCUT2D eigenvalue weighted by molar-refractivity contribution is 0.669. The lowest BCUT2D eigenvalue weighted by Gasteiger charge is -2.18. The second kappa shape index (κ2) is 8.72. The largest absolute Gasteiger partial charge is 0.456 e. The van der Waals surface area contributed by atoms with Gasteiger partial charge in [0.15, 0.2) is 0 Å². The first-order chi connectivity index (χ1) is 22.3. The average Bonchev–Trinajstić information content (AvgIpc) is 3.48. The molecule has 0 bridgehead atoms. The summed E-state index contributed by atoms with van der Waals surface area (Å²) in [6.07, 6.45) is 0. The second-order valence-electron chi connectivity index (χ2n) is 9.51. The van der Waals surface area contributed by atoms with E-state index < -0.39 is 0 Å². The van der Waals surface area contributed by atoms with Crippen LogP contribution in [0.25, 0.3) is 76.9 Å². The van der Waals surface area contributed by atoms with Gasteiger partial charge in [-0.1, -0.05) is 127 Å². The van der Waals surface area contributed by atoms with Crippen molar-refractivity contribution in [3.05, 3.63) is 145 Å². The lowest BCUT2D eigenvalue weighted by atomic mass is 9.86. The molecule has 1 aromatic heterocycles. The SMILES string of the molecule is [2H]c1c([2H])c(-c2c3ccccc3c(-c3ccccc3)c3ccccc23)c([2H])c([2H])c1-c1c([2H])c([2H])c2oc3ccccc3c2c1[2H]. The smallest absolute Gasteiger partial charge is 0.135 e. The Kier molecular flexibility index (Phi) is 3.57. The molecule has 0 N–H and O–H groups in total. The Morgan fingerprint density at radius 1 is 0.359 bits per heavy atom. The number of fused-ring (bicyclic) bond motifs is 5. The Morgan fingerprint density at radius 2 is 0.846 bits per heavy atom. The number of hydrogen-bond acceptors (Lipinski definition) is 1. The molecule has 0 aliphatic heterocycles. The summed E-state index contributed by atoms with van der Waals surface area (Å²) in [5.74, 6) is 0. The third-order valence-corrected chi connectivity index (χ3v) is 7.27. The van der Waals surface area contributed by atoms with Crippen molar-refractivity contribution < 1.29 is 14.0 Å². The summed E-state index contributed by atoms with van der Waals surface area (Å²) in [5.41, 5.74) is 3.02. The number of hydrogen-bond donors (Lipinski definition) is 0. The van der Waals surface area contributed by atoms with Crippen LogP contribution in [0.3, 0.4) is 0 Å². The van der Waals surface area contributed by atoms with Crippen LogP contribution < -0.4 is 0 Å². The zero-order valence-electron chi connectivity index (χ0n) is 27.7. The van der Waals surface area contributed by atoms with E-state index in [1.54, 1.807) is 24.3 Å². The maximum absolute atomic E-state index is 9.31. The zero-order chi connectivity index (χ0) is 31.9. The molecule has 8 rings (SSSR count). The van der Waals surface area contributed by atoms with Crippen LogP contribution in [0.4, 0.5) is 0 Å².